The number of carbonyl (C=O) groups is 2. The monoisotopic (exact) mass is 391 g/mol. The Balaban J connectivity index is 1.62. The maximum atomic E-state index is 12.7. The molecule has 2 aromatic carbocycles. The van der Waals surface area contributed by atoms with Crippen molar-refractivity contribution in [2.45, 2.75) is 0 Å². The molecule has 2 N–H and O–H groups in total. The molecule has 8 nitrogen and oxygen atoms in total. The molecule has 8 heteroatoms. The fourth-order valence-corrected chi connectivity index (χ4v) is 2.63. The second-order valence-electron chi connectivity index (χ2n) is 6.22. The summed E-state index contributed by atoms with van der Waals surface area (Å²) < 4.78 is 5.14. The highest BCUT2D eigenvalue weighted by molar-refractivity contribution is 5.99. The predicted molar refractivity (Wildman–Crippen MR) is 110 cm³/mol. The molecule has 1 heterocycles. The van der Waals surface area contributed by atoms with E-state index in [1.54, 1.807) is 75.1 Å². The number of amides is 2. The molecular weight excluding hydrogens is 370 g/mol. The maximum absolute atomic E-state index is 12.7. The van der Waals surface area contributed by atoms with Crippen molar-refractivity contribution in [2.24, 2.45) is 0 Å². The Bertz CT molecular complexity index is 994. The Morgan fingerprint density at radius 3 is 2.48 bits per heavy atom. The van der Waals surface area contributed by atoms with Crippen LogP contribution in [0.4, 0.5) is 17.3 Å². The number of methoxy groups -OCH3 is 1. The third-order valence-corrected chi connectivity index (χ3v) is 4.01. The second kappa shape index (κ2) is 9.32. The van der Waals surface area contributed by atoms with E-state index in [1.165, 1.54) is 4.90 Å². The fourth-order valence-electron chi connectivity index (χ4n) is 2.63. The lowest BCUT2D eigenvalue weighted by Gasteiger charge is -2.17. The van der Waals surface area contributed by atoms with Crippen molar-refractivity contribution in [1.82, 2.24) is 14.9 Å². The molecule has 0 atom stereocenters. The highest BCUT2D eigenvalue weighted by Gasteiger charge is 2.16. The molecule has 0 aliphatic rings. The van der Waals surface area contributed by atoms with Gasteiger partial charge in [0.05, 0.1) is 13.7 Å². The van der Waals surface area contributed by atoms with Crippen LogP contribution in [0.2, 0.25) is 0 Å². The Morgan fingerprint density at radius 2 is 1.72 bits per heavy atom. The van der Waals surface area contributed by atoms with Crippen molar-refractivity contribution >= 4 is 29.1 Å². The smallest absolute Gasteiger partial charge is 0.254 e. The lowest BCUT2D eigenvalue weighted by atomic mass is 10.1. The summed E-state index contributed by atoms with van der Waals surface area (Å²) in [7, 11) is 3.13. The number of ether oxygens (including phenoxy) is 1. The van der Waals surface area contributed by atoms with Gasteiger partial charge in [0.2, 0.25) is 11.9 Å². The van der Waals surface area contributed by atoms with Crippen LogP contribution in [-0.4, -0.2) is 47.4 Å². The zero-order valence-corrected chi connectivity index (χ0v) is 16.1. The number of nitrogens with zero attached hydrogens (tertiary/aromatic N) is 3. The van der Waals surface area contributed by atoms with Crippen LogP contribution in [-0.2, 0) is 4.79 Å². The Hall–Kier alpha value is -3.94. The molecular formula is C21H21N5O3. The Labute approximate surface area is 168 Å². The molecule has 0 aliphatic heterocycles. The van der Waals surface area contributed by atoms with Crippen LogP contribution in [0.3, 0.4) is 0 Å². The van der Waals surface area contributed by atoms with Crippen LogP contribution in [0.5, 0.6) is 5.75 Å². The van der Waals surface area contributed by atoms with Crippen molar-refractivity contribution in [3.8, 4) is 5.75 Å². The summed E-state index contributed by atoms with van der Waals surface area (Å²) in [5.74, 6) is 0.492. The highest BCUT2D eigenvalue weighted by Crippen LogP contribution is 2.17. The molecule has 0 unspecified atom stereocenters. The minimum absolute atomic E-state index is 0.0878. The SMILES string of the molecule is COc1cccc(NC(=O)CN(C)C(=O)c2cccc(Nc3ncccn3)c2)c1. The molecule has 0 radical (unpaired) electrons. The first kappa shape index (κ1) is 19.8. The van der Waals surface area contributed by atoms with Crippen molar-refractivity contribution < 1.29 is 14.3 Å². The van der Waals surface area contributed by atoms with Crippen LogP contribution in [0.15, 0.2) is 67.0 Å². The third kappa shape index (κ3) is 5.52. The van der Waals surface area contributed by atoms with E-state index in [2.05, 4.69) is 20.6 Å². The molecule has 3 aromatic rings. The van der Waals surface area contributed by atoms with E-state index >= 15 is 0 Å². The normalized spacial score (nSPS) is 10.1. The average molecular weight is 391 g/mol. The van der Waals surface area contributed by atoms with E-state index in [0.29, 0.717) is 28.6 Å². The van der Waals surface area contributed by atoms with Gasteiger partial charge < -0.3 is 20.3 Å². The standard InChI is InChI=1S/C21H21N5O3/c1-26(14-19(27)24-17-8-4-9-18(13-17)29-2)20(28)15-6-3-7-16(12-15)25-21-22-10-5-11-23-21/h3-13H,14H2,1-2H3,(H,24,27)(H,22,23,25). The van der Waals surface area contributed by atoms with Gasteiger partial charge in [-0.2, -0.15) is 0 Å². The zero-order valence-electron chi connectivity index (χ0n) is 16.1. The van der Waals surface area contributed by atoms with E-state index in [9.17, 15) is 9.59 Å². The Kier molecular flexibility index (Phi) is 6.36. The minimum atomic E-state index is -0.305. The number of likely N-dealkylation sites (N-methyl/N-ethyl adjacent to an activating group) is 1. The first-order chi connectivity index (χ1) is 14.0. The van der Waals surface area contributed by atoms with E-state index in [0.717, 1.165) is 0 Å². The molecule has 0 saturated heterocycles. The second-order valence-corrected chi connectivity index (χ2v) is 6.22. The lowest BCUT2D eigenvalue weighted by molar-refractivity contribution is -0.116. The lowest BCUT2D eigenvalue weighted by Crippen LogP contribution is -2.34. The van der Waals surface area contributed by atoms with Crippen LogP contribution in [0.25, 0.3) is 0 Å². The molecule has 3 rings (SSSR count). The van der Waals surface area contributed by atoms with Crippen LogP contribution < -0.4 is 15.4 Å². The van der Waals surface area contributed by atoms with E-state index in [-0.39, 0.29) is 18.4 Å². The number of rotatable bonds is 7. The quantitative estimate of drug-likeness (QED) is 0.643. The summed E-state index contributed by atoms with van der Waals surface area (Å²) in [5.41, 5.74) is 1.73. The fraction of sp³-hybridized carbons (Fsp3) is 0.143. The third-order valence-electron chi connectivity index (χ3n) is 4.01. The van der Waals surface area contributed by atoms with Gasteiger partial charge in [0, 0.05) is 42.4 Å². The van der Waals surface area contributed by atoms with E-state index < -0.39 is 0 Å². The Morgan fingerprint density at radius 1 is 1.00 bits per heavy atom. The number of benzene rings is 2. The van der Waals surface area contributed by atoms with Crippen LogP contribution in [0.1, 0.15) is 10.4 Å². The number of hydrogen-bond acceptors (Lipinski definition) is 6. The predicted octanol–water partition coefficient (Wildman–Crippen LogP) is 2.94. The number of nitrogens with one attached hydrogen (secondary N) is 2. The molecule has 148 valence electrons. The van der Waals surface area contributed by atoms with Crippen LogP contribution >= 0.6 is 0 Å². The van der Waals surface area contributed by atoms with Gasteiger partial charge >= 0.3 is 0 Å². The molecule has 29 heavy (non-hydrogen) atoms. The summed E-state index contributed by atoms with van der Waals surface area (Å²) in [4.78, 5) is 34.5. The van der Waals surface area contributed by atoms with Crippen molar-refractivity contribution in [2.75, 3.05) is 31.3 Å². The summed E-state index contributed by atoms with van der Waals surface area (Å²) in [6.07, 6.45) is 3.25. The van der Waals surface area contributed by atoms with Crippen molar-refractivity contribution in [3.63, 3.8) is 0 Å². The topological polar surface area (TPSA) is 96.5 Å². The molecule has 0 fully saturated rings. The highest BCUT2D eigenvalue weighted by atomic mass is 16.5. The van der Waals surface area contributed by atoms with Gasteiger partial charge in [0.15, 0.2) is 0 Å². The van der Waals surface area contributed by atoms with Gasteiger partial charge in [-0.25, -0.2) is 9.97 Å². The summed E-state index contributed by atoms with van der Waals surface area (Å²) in [6, 6.07) is 15.7. The van der Waals surface area contributed by atoms with Gasteiger partial charge in [-0.1, -0.05) is 12.1 Å². The molecule has 0 aliphatic carbocycles. The van der Waals surface area contributed by atoms with Gasteiger partial charge in [-0.3, -0.25) is 9.59 Å². The molecule has 1 aromatic heterocycles. The maximum Gasteiger partial charge on any atom is 0.254 e. The van der Waals surface area contributed by atoms with Gasteiger partial charge in [0.1, 0.15) is 5.75 Å². The van der Waals surface area contributed by atoms with Gasteiger partial charge in [-0.05, 0) is 36.4 Å². The first-order valence-electron chi connectivity index (χ1n) is 8.88. The number of anilines is 3. The molecule has 0 spiro atoms. The zero-order chi connectivity index (χ0) is 20.6. The van der Waals surface area contributed by atoms with Crippen molar-refractivity contribution in [3.05, 3.63) is 72.6 Å². The summed E-state index contributed by atoms with van der Waals surface area (Å²) >= 11 is 0. The van der Waals surface area contributed by atoms with E-state index in [1.807, 2.05) is 6.07 Å². The molecule has 0 saturated carbocycles. The van der Waals surface area contributed by atoms with Crippen molar-refractivity contribution in [1.29, 1.82) is 0 Å². The largest absolute Gasteiger partial charge is 0.497 e. The number of aromatic nitrogens is 2. The average Bonchev–Trinajstić information content (AvgIpc) is 2.74. The van der Waals surface area contributed by atoms with E-state index in [4.69, 9.17) is 4.74 Å². The van der Waals surface area contributed by atoms with Gasteiger partial charge in [0.25, 0.3) is 5.91 Å². The number of hydrogen-bond donors (Lipinski definition) is 2. The molecule has 2 amide bonds. The summed E-state index contributed by atoms with van der Waals surface area (Å²) in [5, 5.41) is 5.79. The number of carbonyl (C=O) groups excluding carboxylic acids is 2. The first-order valence-corrected chi connectivity index (χ1v) is 8.88. The molecule has 0 bridgehead atoms. The minimum Gasteiger partial charge on any atom is -0.497 e. The van der Waals surface area contributed by atoms with Gasteiger partial charge in [-0.15, -0.1) is 0 Å². The van der Waals surface area contributed by atoms with Crippen LogP contribution in [0, 0.1) is 0 Å². The summed E-state index contributed by atoms with van der Waals surface area (Å²) in [6.45, 7) is -0.0878.